The molecule has 0 bridgehead atoms. The third-order valence-electron chi connectivity index (χ3n) is 6.08. The van der Waals surface area contributed by atoms with Gasteiger partial charge in [-0.05, 0) is 43.6 Å². The van der Waals surface area contributed by atoms with Crippen molar-refractivity contribution in [1.82, 2.24) is 19.7 Å². The van der Waals surface area contributed by atoms with Gasteiger partial charge in [0.05, 0.1) is 5.75 Å². The highest BCUT2D eigenvalue weighted by Crippen LogP contribution is 2.35. The molecular formula is C21H28N4O2S. The molecule has 1 saturated heterocycles. The second kappa shape index (κ2) is 8.99. The van der Waals surface area contributed by atoms with E-state index in [1.54, 1.807) is 4.57 Å². The number of carbonyl (C=O) groups is 1. The number of piperidine rings is 1. The van der Waals surface area contributed by atoms with Crippen LogP contribution in [-0.2, 0) is 17.8 Å². The topological polar surface area (TPSA) is 71.0 Å². The maximum Gasteiger partial charge on any atom is 0.343 e. The molecule has 1 aromatic carbocycles. The zero-order chi connectivity index (χ0) is 19.3. The van der Waals surface area contributed by atoms with E-state index in [1.165, 1.54) is 43.0 Å². The predicted molar refractivity (Wildman–Crippen MR) is 110 cm³/mol. The van der Waals surface area contributed by atoms with Crippen LogP contribution >= 0.6 is 11.8 Å². The average molecular weight is 401 g/mol. The first-order chi connectivity index (χ1) is 13.7. The molecule has 2 aliphatic rings. The van der Waals surface area contributed by atoms with E-state index in [-0.39, 0.29) is 11.6 Å². The Labute approximate surface area is 169 Å². The molecule has 1 aliphatic carbocycles. The molecule has 1 aliphatic heterocycles. The van der Waals surface area contributed by atoms with Gasteiger partial charge in [-0.2, -0.15) is 0 Å². The number of nitrogens with one attached hydrogen (secondary N) is 1. The Morgan fingerprint density at radius 1 is 1.14 bits per heavy atom. The monoisotopic (exact) mass is 400 g/mol. The van der Waals surface area contributed by atoms with Gasteiger partial charge >= 0.3 is 5.69 Å². The van der Waals surface area contributed by atoms with Crippen molar-refractivity contribution in [3.05, 3.63) is 46.4 Å². The summed E-state index contributed by atoms with van der Waals surface area (Å²) in [4.78, 5) is 27.1. The van der Waals surface area contributed by atoms with Gasteiger partial charge in [-0.3, -0.25) is 9.36 Å². The van der Waals surface area contributed by atoms with E-state index in [0.717, 1.165) is 25.8 Å². The Morgan fingerprint density at radius 3 is 2.79 bits per heavy atom. The van der Waals surface area contributed by atoms with Crippen LogP contribution in [-0.4, -0.2) is 43.9 Å². The summed E-state index contributed by atoms with van der Waals surface area (Å²) in [6, 6.07) is 10.5. The van der Waals surface area contributed by atoms with Crippen molar-refractivity contribution in [2.24, 2.45) is 5.92 Å². The van der Waals surface area contributed by atoms with Gasteiger partial charge in [0.2, 0.25) is 5.91 Å². The molecule has 1 aromatic heterocycles. The lowest BCUT2D eigenvalue weighted by Crippen LogP contribution is -2.50. The quantitative estimate of drug-likeness (QED) is 0.757. The van der Waals surface area contributed by atoms with Crippen molar-refractivity contribution in [1.29, 1.82) is 0 Å². The van der Waals surface area contributed by atoms with E-state index >= 15 is 0 Å². The van der Waals surface area contributed by atoms with Gasteiger partial charge < -0.3 is 4.90 Å². The summed E-state index contributed by atoms with van der Waals surface area (Å²) in [5.41, 5.74) is 0.968. The highest BCUT2D eigenvalue weighted by molar-refractivity contribution is 7.99. The summed E-state index contributed by atoms with van der Waals surface area (Å²) < 4.78 is 1.64. The number of thioether (sulfide) groups is 1. The minimum Gasteiger partial charge on any atom is -0.339 e. The second-order valence-corrected chi connectivity index (χ2v) is 8.77. The van der Waals surface area contributed by atoms with Crippen LogP contribution in [0.5, 0.6) is 0 Å². The molecule has 2 fully saturated rings. The van der Waals surface area contributed by atoms with Gasteiger partial charge in [0.1, 0.15) is 0 Å². The van der Waals surface area contributed by atoms with Gasteiger partial charge in [0.25, 0.3) is 0 Å². The summed E-state index contributed by atoms with van der Waals surface area (Å²) >= 11 is 1.37. The highest BCUT2D eigenvalue weighted by Gasteiger charge is 2.35. The fourth-order valence-corrected chi connectivity index (χ4v) is 5.50. The van der Waals surface area contributed by atoms with E-state index in [4.69, 9.17) is 0 Å². The van der Waals surface area contributed by atoms with Crippen LogP contribution in [0.1, 0.15) is 44.1 Å². The van der Waals surface area contributed by atoms with Crippen molar-refractivity contribution < 1.29 is 4.79 Å². The van der Waals surface area contributed by atoms with Gasteiger partial charge in [-0.1, -0.05) is 54.9 Å². The van der Waals surface area contributed by atoms with Crippen molar-refractivity contribution >= 4 is 17.7 Å². The average Bonchev–Trinajstić information content (AvgIpc) is 3.10. The number of aromatic nitrogens is 3. The van der Waals surface area contributed by atoms with Crippen molar-refractivity contribution in [2.45, 2.75) is 62.7 Å². The lowest BCUT2D eigenvalue weighted by molar-refractivity contribution is -0.134. The first kappa shape index (κ1) is 19.3. The van der Waals surface area contributed by atoms with Crippen LogP contribution in [0.25, 0.3) is 0 Å². The zero-order valence-electron chi connectivity index (χ0n) is 16.2. The summed E-state index contributed by atoms with van der Waals surface area (Å²) in [7, 11) is 0. The third kappa shape index (κ3) is 4.35. The van der Waals surface area contributed by atoms with Gasteiger partial charge in [-0.15, -0.1) is 5.10 Å². The summed E-state index contributed by atoms with van der Waals surface area (Å²) in [6.45, 7) is 1.44. The first-order valence-corrected chi connectivity index (χ1v) is 11.3. The Balaban J connectivity index is 1.37. The van der Waals surface area contributed by atoms with Crippen molar-refractivity contribution in [3.63, 3.8) is 0 Å². The first-order valence-electron chi connectivity index (χ1n) is 10.3. The van der Waals surface area contributed by atoms with E-state index in [0.29, 0.717) is 29.4 Å². The van der Waals surface area contributed by atoms with Crippen LogP contribution in [0.4, 0.5) is 0 Å². The maximum absolute atomic E-state index is 12.9. The smallest absolute Gasteiger partial charge is 0.339 e. The number of H-pyrrole nitrogens is 1. The largest absolute Gasteiger partial charge is 0.343 e. The number of amides is 1. The minimum absolute atomic E-state index is 0.187. The van der Waals surface area contributed by atoms with Crippen molar-refractivity contribution in [2.75, 3.05) is 12.3 Å². The number of likely N-dealkylation sites (tertiary alicyclic amines) is 1. The number of aryl methyl sites for hydroxylation is 1. The Morgan fingerprint density at radius 2 is 1.93 bits per heavy atom. The lowest BCUT2D eigenvalue weighted by Gasteiger charge is -2.44. The van der Waals surface area contributed by atoms with E-state index in [9.17, 15) is 9.59 Å². The number of fused-ring (bicyclic) bond motifs is 1. The SMILES string of the molecule is O=C(CSc1n[nH]c(=O)n1CCc1ccccc1)N1CCC[C@@H]2CCCC[C@@H]21. The summed E-state index contributed by atoms with van der Waals surface area (Å²) in [5, 5.41) is 7.28. The normalized spacial score (nSPS) is 22.1. The highest BCUT2D eigenvalue weighted by atomic mass is 32.2. The molecule has 1 N–H and O–H groups in total. The zero-order valence-corrected chi connectivity index (χ0v) is 17.0. The number of benzene rings is 1. The molecule has 0 radical (unpaired) electrons. The van der Waals surface area contributed by atoms with Gasteiger partial charge in [0, 0.05) is 19.1 Å². The van der Waals surface area contributed by atoms with E-state index in [1.807, 2.05) is 18.2 Å². The molecule has 7 heteroatoms. The molecule has 4 rings (SSSR count). The molecule has 6 nitrogen and oxygen atoms in total. The van der Waals surface area contributed by atoms with Gasteiger partial charge in [-0.25, -0.2) is 9.89 Å². The van der Waals surface area contributed by atoms with Crippen molar-refractivity contribution in [3.8, 4) is 0 Å². The number of hydrogen-bond acceptors (Lipinski definition) is 4. The minimum atomic E-state index is -0.212. The van der Waals surface area contributed by atoms with Crippen LogP contribution in [0.2, 0.25) is 0 Å². The summed E-state index contributed by atoms with van der Waals surface area (Å²) in [6.07, 6.45) is 8.08. The number of aromatic amines is 1. The molecule has 2 heterocycles. The maximum atomic E-state index is 12.9. The van der Waals surface area contributed by atoms with Crippen LogP contribution in [0.15, 0.2) is 40.3 Å². The second-order valence-electron chi connectivity index (χ2n) is 7.83. The molecule has 28 heavy (non-hydrogen) atoms. The predicted octanol–water partition coefficient (Wildman–Crippen LogP) is 3.09. The van der Waals surface area contributed by atoms with Crippen LogP contribution in [0.3, 0.4) is 0 Å². The standard InChI is InChI=1S/C21H28N4O2S/c26-19(24-13-6-10-17-9-4-5-11-18(17)24)15-28-21-23-22-20(27)25(21)14-12-16-7-2-1-3-8-16/h1-3,7-8,17-18H,4-6,9-15H2,(H,22,27)/t17-,18-/m0/s1. The van der Waals surface area contributed by atoms with Gasteiger partial charge in [0.15, 0.2) is 5.16 Å². The fraction of sp³-hybridized carbons (Fsp3) is 0.571. The van der Waals surface area contributed by atoms with E-state index in [2.05, 4.69) is 27.2 Å². The van der Waals surface area contributed by atoms with Crippen LogP contribution < -0.4 is 5.69 Å². The molecule has 0 spiro atoms. The number of rotatable bonds is 6. The Kier molecular flexibility index (Phi) is 6.20. The molecule has 150 valence electrons. The summed E-state index contributed by atoms with van der Waals surface area (Å²) in [5.74, 6) is 1.22. The number of hydrogen-bond donors (Lipinski definition) is 1. The fourth-order valence-electron chi connectivity index (χ4n) is 4.64. The van der Waals surface area contributed by atoms with E-state index < -0.39 is 0 Å². The molecular weight excluding hydrogens is 372 g/mol. The number of nitrogens with zero attached hydrogens (tertiary/aromatic N) is 3. The lowest BCUT2D eigenvalue weighted by atomic mass is 9.78. The number of carbonyl (C=O) groups excluding carboxylic acids is 1. The Hall–Kier alpha value is -2.02. The molecule has 1 amide bonds. The molecule has 0 unspecified atom stereocenters. The Bertz CT molecular complexity index is 846. The third-order valence-corrected chi connectivity index (χ3v) is 7.04. The molecule has 2 aromatic rings. The van der Waals surface area contributed by atoms with Crippen LogP contribution in [0, 0.1) is 5.92 Å². The molecule has 1 saturated carbocycles. The molecule has 2 atom stereocenters.